The first kappa shape index (κ1) is 23.3. The molecule has 0 aliphatic carbocycles. The van der Waals surface area contributed by atoms with Crippen LogP contribution in [0.15, 0.2) is 71.9 Å². The van der Waals surface area contributed by atoms with Gasteiger partial charge in [-0.05, 0) is 31.0 Å². The third kappa shape index (κ3) is 6.55. The molecule has 6 nitrogen and oxygen atoms in total. The van der Waals surface area contributed by atoms with Crippen LogP contribution < -0.4 is 0 Å². The van der Waals surface area contributed by atoms with E-state index in [2.05, 4.69) is 68.2 Å². The maximum Gasteiger partial charge on any atom is 0.222 e. The number of hydrogen-bond acceptors (Lipinski definition) is 5. The summed E-state index contributed by atoms with van der Waals surface area (Å²) in [4.78, 5) is 17.1. The molecule has 2 heterocycles. The SMILES string of the molecule is Cc1nnc(SCCCC(=O)N2CCN(C/C=C/c3ccccc3)CC2)n1-c1ccccc1. The van der Waals surface area contributed by atoms with Crippen LogP contribution in [0.3, 0.4) is 0 Å². The largest absolute Gasteiger partial charge is 0.340 e. The van der Waals surface area contributed by atoms with Crippen LogP contribution in [0.5, 0.6) is 0 Å². The van der Waals surface area contributed by atoms with Crippen molar-refractivity contribution >= 4 is 23.7 Å². The van der Waals surface area contributed by atoms with Gasteiger partial charge in [0.15, 0.2) is 5.16 Å². The molecule has 2 aromatic carbocycles. The van der Waals surface area contributed by atoms with E-state index >= 15 is 0 Å². The molecule has 0 saturated carbocycles. The van der Waals surface area contributed by atoms with Gasteiger partial charge in [-0.3, -0.25) is 14.3 Å². The Morgan fingerprint density at radius 1 is 0.970 bits per heavy atom. The summed E-state index contributed by atoms with van der Waals surface area (Å²) < 4.78 is 2.07. The highest BCUT2D eigenvalue weighted by atomic mass is 32.2. The summed E-state index contributed by atoms with van der Waals surface area (Å²) >= 11 is 1.66. The molecular formula is C26H31N5OS. The summed E-state index contributed by atoms with van der Waals surface area (Å²) in [6, 6.07) is 20.5. The number of aryl methyl sites for hydroxylation is 1. The molecule has 3 aromatic rings. The molecule has 0 spiro atoms. The Kier molecular flexibility index (Phi) is 8.33. The van der Waals surface area contributed by atoms with Crippen molar-refractivity contribution in [2.24, 2.45) is 0 Å². The topological polar surface area (TPSA) is 54.3 Å². The van der Waals surface area contributed by atoms with Gasteiger partial charge in [-0.2, -0.15) is 0 Å². The van der Waals surface area contributed by atoms with Gasteiger partial charge in [0, 0.05) is 50.6 Å². The average Bonchev–Trinajstić information content (AvgIpc) is 3.23. The van der Waals surface area contributed by atoms with E-state index in [4.69, 9.17) is 0 Å². The number of aromatic nitrogens is 3. The fraction of sp³-hybridized carbons (Fsp3) is 0.346. The summed E-state index contributed by atoms with van der Waals surface area (Å²) in [5, 5.41) is 9.43. The molecule has 1 amide bonds. The van der Waals surface area contributed by atoms with Gasteiger partial charge >= 0.3 is 0 Å². The van der Waals surface area contributed by atoms with Crippen LogP contribution in [0.1, 0.15) is 24.2 Å². The number of carbonyl (C=O) groups is 1. The van der Waals surface area contributed by atoms with Crippen molar-refractivity contribution in [3.05, 3.63) is 78.1 Å². The zero-order valence-corrected chi connectivity index (χ0v) is 20.0. The molecule has 0 N–H and O–H groups in total. The fourth-order valence-electron chi connectivity index (χ4n) is 3.94. The number of para-hydroxylation sites is 1. The van der Waals surface area contributed by atoms with E-state index in [1.807, 2.05) is 36.1 Å². The number of piperazine rings is 1. The molecule has 0 atom stereocenters. The highest BCUT2D eigenvalue weighted by molar-refractivity contribution is 7.99. The number of amides is 1. The Hall–Kier alpha value is -2.90. The standard InChI is InChI=1S/C26H31N5OS/c1-22-27-28-26(31(22)24-13-6-3-7-14-24)33-21-9-15-25(32)30-19-17-29(18-20-30)16-8-12-23-10-4-2-5-11-23/h2-8,10-14H,9,15-21H2,1H3/b12-8+. The zero-order chi connectivity index (χ0) is 22.9. The van der Waals surface area contributed by atoms with Crippen molar-refractivity contribution in [3.63, 3.8) is 0 Å². The highest BCUT2D eigenvalue weighted by Crippen LogP contribution is 2.22. The Morgan fingerprint density at radius 2 is 1.67 bits per heavy atom. The van der Waals surface area contributed by atoms with Crippen molar-refractivity contribution in [3.8, 4) is 5.69 Å². The van der Waals surface area contributed by atoms with E-state index in [0.29, 0.717) is 6.42 Å². The summed E-state index contributed by atoms with van der Waals surface area (Å²) in [5.74, 6) is 1.98. The molecule has 1 fully saturated rings. The molecule has 0 unspecified atom stereocenters. The van der Waals surface area contributed by atoms with Crippen LogP contribution in [-0.4, -0.2) is 68.9 Å². The molecule has 1 aromatic heterocycles. The third-order valence-corrected chi connectivity index (χ3v) is 6.79. The van der Waals surface area contributed by atoms with Crippen LogP contribution >= 0.6 is 11.8 Å². The Morgan fingerprint density at radius 3 is 2.39 bits per heavy atom. The first-order valence-electron chi connectivity index (χ1n) is 11.5. The van der Waals surface area contributed by atoms with E-state index in [-0.39, 0.29) is 5.91 Å². The van der Waals surface area contributed by atoms with Gasteiger partial charge in [-0.25, -0.2) is 0 Å². The number of rotatable bonds is 9. The fourth-order valence-corrected chi connectivity index (χ4v) is 4.87. The summed E-state index contributed by atoms with van der Waals surface area (Å²) in [7, 11) is 0. The van der Waals surface area contributed by atoms with Crippen molar-refractivity contribution in [2.75, 3.05) is 38.5 Å². The minimum atomic E-state index is 0.260. The zero-order valence-electron chi connectivity index (χ0n) is 19.1. The van der Waals surface area contributed by atoms with Crippen LogP contribution in [0.25, 0.3) is 11.8 Å². The van der Waals surface area contributed by atoms with Crippen LogP contribution in [0.2, 0.25) is 0 Å². The van der Waals surface area contributed by atoms with E-state index < -0.39 is 0 Å². The lowest BCUT2D eigenvalue weighted by molar-refractivity contribution is -0.132. The van der Waals surface area contributed by atoms with Crippen molar-refractivity contribution in [1.29, 1.82) is 0 Å². The van der Waals surface area contributed by atoms with Crippen LogP contribution in [-0.2, 0) is 4.79 Å². The predicted octanol–water partition coefficient (Wildman–Crippen LogP) is 4.31. The maximum absolute atomic E-state index is 12.7. The third-order valence-electron chi connectivity index (χ3n) is 5.77. The lowest BCUT2D eigenvalue weighted by Gasteiger charge is -2.34. The summed E-state index contributed by atoms with van der Waals surface area (Å²) in [5.41, 5.74) is 2.29. The Bertz CT molecular complexity index is 1040. The lowest BCUT2D eigenvalue weighted by Crippen LogP contribution is -2.48. The second-order valence-corrected chi connectivity index (χ2v) is 9.21. The molecule has 33 heavy (non-hydrogen) atoms. The summed E-state index contributed by atoms with van der Waals surface area (Å²) in [6.45, 7) is 6.37. The van der Waals surface area contributed by atoms with Crippen LogP contribution in [0, 0.1) is 6.92 Å². The first-order chi connectivity index (χ1) is 16.2. The van der Waals surface area contributed by atoms with Gasteiger partial charge < -0.3 is 4.90 Å². The summed E-state index contributed by atoms with van der Waals surface area (Å²) in [6.07, 6.45) is 5.79. The lowest BCUT2D eigenvalue weighted by atomic mass is 10.2. The normalized spacial score (nSPS) is 14.8. The van der Waals surface area contributed by atoms with E-state index in [9.17, 15) is 4.79 Å². The maximum atomic E-state index is 12.7. The number of carbonyl (C=O) groups excluding carboxylic acids is 1. The van der Waals surface area contributed by atoms with Gasteiger partial charge in [0.05, 0.1) is 0 Å². The Balaban J connectivity index is 1.16. The molecule has 1 aliphatic rings. The molecule has 7 heteroatoms. The van der Waals surface area contributed by atoms with Gasteiger partial charge in [0.2, 0.25) is 5.91 Å². The molecule has 1 saturated heterocycles. The minimum Gasteiger partial charge on any atom is -0.340 e. The van der Waals surface area contributed by atoms with E-state index in [0.717, 1.165) is 61.6 Å². The Labute approximate surface area is 200 Å². The second-order valence-electron chi connectivity index (χ2n) is 8.15. The first-order valence-corrected chi connectivity index (χ1v) is 12.5. The van der Waals surface area contributed by atoms with Crippen molar-refractivity contribution in [1.82, 2.24) is 24.6 Å². The van der Waals surface area contributed by atoms with E-state index in [1.165, 1.54) is 5.56 Å². The number of hydrogen-bond donors (Lipinski definition) is 0. The van der Waals surface area contributed by atoms with Gasteiger partial charge in [0.25, 0.3) is 0 Å². The highest BCUT2D eigenvalue weighted by Gasteiger charge is 2.20. The molecule has 1 aliphatic heterocycles. The molecule has 4 rings (SSSR count). The average molecular weight is 462 g/mol. The minimum absolute atomic E-state index is 0.260. The quantitative estimate of drug-likeness (QED) is 0.351. The van der Waals surface area contributed by atoms with Crippen molar-refractivity contribution in [2.45, 2.75) is 24.9 Å². The monoisotopic (exact) mass is 461 g/mol. The van der Waals surface area contributed by atoms with Gasteiger partial charge in [0.1, 0.15) is 5.82 Å². The van der Waals surface area contributed by atoms with Gasteiger partial charge in [-0.1, -0.05) is 72.4 Å². The number of thioether (sulfide) groups is 1. The molecule has 0 bridgehead atoms. The predicted molar refractivity (Wildman–Crippen MR) is 135 cm³/mol. The smallest absolute Gasteiger partial charge is 0.222 e. The molecule has 172 valence electrons. The number of nitrogens with zero attached hydrogens (tertiary/aromatic N) is 5. The second kappa shape index (κ2) is 11.8. The van der Waals surface area contributed by atoms with Gasteiger partial charge in [-0.15, -0.1) is 10.2 Å². The van der Waals surface area contributed by atoms with Crippen molar-refractivity contribution < 1.29 is 4.79 Å². The number of benzene rings is 2. The molecule has 0 radical (unpaired) electrons. The molecular weight excluding hydrogens is 430 g/mol. The van der Waals surface area contributed by atoms with E-state index in [1.54, 1.807) is 11.8 Å². The van der Waals surface area contributed by atoms with Crippen LogP contribution in [0.4, 0.5) is 0 Å².